The van der Waals surface area contributed by atoms with Crippen LogP contribution >= 0.6 is 11.6 Å². The number of rotatable bonds is 6. The van der Waals surface area contributed by atoms with Crippen LogP contribution in [0.3, 0.4) is 0 Å². The summed E-state index contributed by atoms with van der Waals surface area (Å²) in [6.07, 6.45) is 5.43. The SMILES string of the molecule is CCCCC(C)C(C)Nc1ccnc(Cl)n1. The van der Waals surface area contributed by atoms with E-state index < -0.39 is 0 Å². The second kappa shape index (κ2) is 6.69. The zero-order chi connectivity index (χ0) is 12.0. The van der Waals surface area contributed by atoms with Crippen molar-refractivity contribution in [3.05, 3.63) is 17.5 Å². The highest BCUT2D eigenvalue weighted by Crippen LogP contribution is 2.16. The van der Waals surface area contributed by atoms with Gasteiger partial charge in [-0.2, -0.15) is 0 Å². The van der Waals surface area contributed by atoms with Crippen molar-refractivity contribution in [1.29, 1.82) is 0 Å². The van der Waals surface area contributed by atoms with Crippen LogP contribution in [0.1, 0.15) is 40.0 Å². The molecule has 3 nitrogen and oxygen atoms in total. The first kappa shape index (κ1) is 13.2. The molecule has 1 heterocycles. The van der Waals surface area contributed by atoms with Gasteiger partial charge in [0, 0.05) is 12.2 Å². The number of anilines is 1. The summed E-state index contributed by atoms with van der Waals surface area (Å²) < 4.78 is 0. The first-order valence-corrected chi connectivity index (χ1v) is 6.26. The largest absolute Gasteiger partial charge is 0.367 e. The molecule has 1 N–H and O–H groups in total. The second-order valence-electron chi connectivity index (χ2n) is 4.26. The Balaban J connectivity index is 2.47. The lowest BCUT2D eigenvalue weighted by atomic mass is 9.97. The second-order valence-corrected chi connectivity index (χ2v) is 4.60. The van der Waals surface area contributed by atoms with Crippen LogP contribution in [-0.2, 0) is 0 Å². The first-order valence-electron chi connectivity index (χ1n) is 5.88. The lowest BCUT2D eigenvalue weighted by molar-refractivity contribution is 0.453. The molecule has 0 spiro atoms. The van der Waals surface area contributed by atoms with Gasteiger partial charge >= 0.3 is 0 Å². The van der Waals surface area contributed by atoms with E-state index in [9.17, 15) is 0 Å². The molecule has 0 aliphatic rings. The smallest absolute Gasteiger partial charge is 0.224 e. The number of halogens is 1. The van der Waals surface area contributed by atoms with Crippen LogP contribution in [0.15, 0.2) is 12.3 Å². The molecular formula is C12H20ClN3. The summed E-state index contributed by atoms with van der Waals surface area (Å²) in [6, 6.07) is 2.24. The first-order chi connectivity index (χ1) is 7.63. The number of nitrogens with one attached hydrogen (secondary N) is 1. The summed E-state index contributed by atoms with van der Waals surface area (Å²) in [5.74, 6) is 1.43. The Morgan fingerprint density at radius 2 is 2.19 bits per heavy atom. The highest BCUT2D eigenvalue weighted by atomic mass is 35.5. The van der Waals surface area contributed by atoms with Gasteiger partial charge in [-0.3, -0.25) is 0 Å². The van der Waals surface area contributed by atoms with Gasteiger partial charge in [-0.25, -0.2) is 9.97 Å². The van der Waals surface area contributed by atoms with E-state index in [4.69, 9.17) is 11.6 Å². The number of hydrogen-bond donors (Lipinski definition) is 1. The molecule has 1 rings (SSSR count). The minimum Gasteiger partial charge on any atom is -0.367 e. The topological polar surface area (TPSA) is 37.8 Å². The molecule has 90 valence electrons. The fourth-order valence-electron chi connectivity index (χ4n) is 1.57. The van der Waals surface area contributed by atoms with Crippen LogP contribution in [0, 0.1) is 5.92 Å². The van der Waals surface area contributed by atoms with Gasteiger partial charge in [0.15, 0.2) is 0 Å². The maximum absolute atomic E-state index is 5.73. The molecule has 0 saturated heterocycles. The van der Waals surface area contributed by atoms with E-state index in [2.05, 4.69) is 36.1 Å². The monoisotopic (exact) mass is 241 g/mol. The number of hydrogen-bond acceptors (Lipinski definition) is 3. The van der Waals surface area contributed by atoms with Crippen molar-refractivity contribution in [1.82, 2.24) is 9.97 Å². The molecule has 0 bridgehead atoms. The third-order valence-corrected chi connectivity index (χ3v) is 3.05. The third kappa shape index (κ3) is 4.35. The zero-order valence-corrected chi connectivity index (χ0v) is 11.0. The normalized spacial score (nSPS) is 14.5. The molecule has 0 fully saturated rings. The van der Waals surface area contributed by atoms with Crippen LogP contribution < -0.4 is 5.32 Å². The highest BCUT2D eigenvalue weighted by Gasteiger charge is 2.11. The van der Waals surface area contributed by atoms with Crippen molar-refractivity contribution in [2.24, 2.45) is 5.92 Å². The fraction of sp³-hybridized carbons (Fsp3) is 0.667. The van der Waals surface area contributed by atoms with E-state index >= 15 is 0 Å². The summed E-state index contributed by atoms with van der Waals surface area (Å²) in [4.78, 5) is 7.97. The molecule has 0 aliphatic heterocycles. The molecule has 16 heavy (non-hydrogen) atoms. The maximum atomic E-state index is 5.73. The predicted molar refractivity (Wildman–Crippen MR) is 68.8 cm³/mol. The Labute approximate surface area is 103 Å². The summed E-state index contributed by atoms with van der Waals surface area (Å²) in [5, 5.41) is 3.65. The van der Waals surface area contributed by atoms with Gasteiger partial charge in [0.1, 0.15) is 5.82 Å². The molecular weight excluding hydrogens is 222 g/mol. The zero-order valence-electron chi connectivity index (χ0n) is 10.2. The Morgan fingerprint density at radius 1 is 1.44 bits per heavy atom. The van der Waals surface area contributed by atoms with E-state index in [1.807, 2.05) is 6.07 Å². The minimum atomic E-state index is 0.290. The summed E-state index contributed by atoms with van der Waals surface area (Å²) >= 11 is 5.73. The minimum absolute atomic E-state index is 0.290. The van der Waals surface area contributed by atoms with Crippen LogP contribution in [0.25, 0.3) is 0 Å². The van der Waals surface area contributed by atoms with Crippen LogP contribution in [0.5, 0.6) is 0 Å². The highest BCUT2D eigenvalue weighted by molar-refractivity contribution is 6.28. The van der Waals surface area contributed by atoms with Crippen molar-refractivity contribution < 1.29 is 0 Å². The fourth-order valence-corrected chi connectivity index (χ4v) is 1.71. The Hall–Kier alpha value is -0.830. The molecule has 0 aliphatic carbocycles. The van der Waals surface area contributed by atoms with Crippen LogP contribution in [0.2, 0.25) is 5.28 Å². The molecule has 0 aromatic carbocycles. The maximum Gasteiger partial charge on any atom is 0.224 e. The quantitative estimate of drug-likeness (QED) is 0.771. The van der Waals surface area contributed by atoms with Crippen molar-refractivity contribution in [2.45, 2.75) is 46.1 Å². The average molecular weight is 242 g/mol. The van der Waals surface area contributed by atoms with Gasteiger partial charge in [0.25, 0.3) is 0 Å². The molecule has 2 unspecified atom stereocenters. The number of aromatic nitrogens is 2. The molecule has 1 aromatic rings. The van der Waals surface area contributed by atoms with Crippen molar-refractivity contribution in [2.75, 3.05) is 5.32 Å². The van der Waals surface area contributed by atoms with Crippen molar-refractivity contribution >= 4 is 17.4 Å². The molecule has 0 radical (unpaired) electrons. The lowest BCUT2D eigenvalue weighted by Crippen LogP contribution is -2.24. The summed E-state index contributed by atoms with van der Waals surface area (Å²) in [5.41, 5.74) is 0. The Kier molecular flexibility index (Phi) is 5.53. The van der Waals surface area contributed by atoms with Gasteiger partial charge in [0.05, 0.1) is 0 Å². The van der Waals surface area contributed by atoms with Crippen molar-refractivity contribution in [3.8, 4) is 0 Å². The van der Waals surface area contributed by atoms with Gasteiger partial charge < -0.3 is 5.32 Å². The van der Waals surface area contributed by atoms with E-state index in [0.29, 0.717) is 17.2 Å². The van der Waals surface area contributed by atoms with Gasteiger partial charge in [-0.15, -0.1) is 0 Å². The molecule has 0 amide bonds. The predicted octanol–water partition coefficient (Wildman–Crippen LogP) is 3.76. The van der Waals surface area contributed by atoms with E-state index in [1.165, 1.54) is 19.3 Å². The Morgan fingerprint density at radius 3 is 2.81 bits per heavy atom. The molecule has 4 heteroatoms. The average Bonchev–Trinajstić information content (AvgIpc) is 2.25. The van der Waals surface area contributed by atoms with E-state index in [-0.39, 0.29) is 0 Å². The van der Waals surface area contributed by atoms with E-state index in [1.54, 1.807) is 6.20 Å². The van der Waals surface area contributed by atoms with Gasteiger partial charge in [-0.1, -0.05) is 26.7 Å². The van der Waals surface area contributed by atoms with Gasteiger partial charge in [-0.05, 0) is 36.9 Å². The van der Waals surface area contributed by atoms with Gasteiger partial charge in [0.2, 0.25) is 5.28 Å². The third-order valence-electron chi connectivity index (χ3n) is 2.87. The van der Waals surface area contributed by atoms with Crippen LogP contribution in [0.4, 0.5) is 5.82 Å². The Bertz CT molecular complexity index is 317. The number of unbranched alkanes of at least 4 members (excludes halogenated alkanes) is 1. The molecule has 1 aromatic heterocycles. The molecule has 2 atom stereocenters. The summed E-state index contributed by atoms with van der Waals surface area (Å²) in [6.45, 7) is 6.65. The summed E-state index contributed by atoms with van der Waals surface area (Å²) in [7, 11) is 0. The van der Waals surface area contributed by atoms with Crippen LogP contribution in [-0.4, -0.2) is 16.0 Å². The van der Waals surface area contributed by atoms with Crippen molar-refractivity contribution in [3.63, 3.8) is 0 Å². The standard InChI is InChI=1S/C12H20ClN3/c1-4-5-6-9(2)10(3)15-11-7-8-14-12(13)16-11/h7-10H,4-6H2,1-3H3,(H,14,15,16). The van der Waals surface area contributed by atoms with E-state index in [0.717, 1.165) is 5.82 Å². The molecule has 0 saturated carbocycles. The number of nitrogens with zero attached hydrogens (tertiary/aromatic N) is 2. The lowest BCUT2D eigenvalue weighted by Gasteiger charge is -2.21.